The molecule has 2 aromatic heterocycles. The van der Waals surface area contributed by atoms with Crippen molar-refractivity contribution in [1.82, 2.24) is 14.3 Å². The van der Waals surface area contributed by atoms with E-state index in [0.29, 0.717) is 12.4 Å². The van der Waals surface area contributed by atoms with Gasteiger partial charge in [0.25, 0.3) is 0 Å². The third-order valence-corrected chi connectivity index (χ3v) is 3.46. The van der Waals surface area contributed by atoms with Gasteiger partial charge in [-0.2, -0.15) is 5.10 Å². The standard InChI is InChI=1S/C15H18N4O/c1-4-20-10-5-6-14-11(7-10)12(9-18(14)2)13-8-15(16)19(3)17-13/h5-9H,4,16H2,1-3H3. The molecule has 0 aliphatic carbocycles. The molecular formula is C15H18N4O. The summed E-state index contributed by atoms with van der Waals surface area (Å²) in [4.78, 5) is 0. The maximum Gasteiger partial charge on any atom is 0.121 e. The van der Waals surface area contributed by atoms with E-state index in [1.54, 1.807) is 4.68 Å². The minimum absolute atomic E-state index is 0.651. The Labute approximate surface area is 117 Å². The summed E-state index contributed by atoms with van der Waals surface area (Å²) >= 11 is 0. The summed E-state index contributed by atoms with van der Waals surface area (Å²) in [5, 5.41) is 5.58. The van der Waals surface area contributed by atoms with Crippen LogP contribution in [0.4, 0.5) is 5.82 Å². The lowest BCUT2D eigenvalue weighted by Gasteiger charge is -2.03. The monoisotopic (exact) mass is 270 g/mol. The number of fused-ring (bicyclic) bond motifs is 1. The van der Waals surface area contributed by atoms with Crippen LogP contribution in [-0.4, -0.2) is 21.0 Å². The fourth-order valence-electron chi connectivity index (χ4n) is 2.45. The summed E-state index contributed by atoms with van der Waals surface area (Å²) < 4.78 is 9.35. The predicted octanol–water partition coefficient (Wildman–Crippen LogP) is 2.56. The molecule has 0 amide bonds. The maximum absolute atomic E-state index is 5.88. The van der Waals surface area contributed by atoms with Crippen LogP contribution in [0.3, 0.4) is 0 Å². The highest BCUT2D eigenvalue weighted by Gasteiger charge is 2.13. The number of ether oxygens (including phenoxy) is 1. The van der Waals surface area contributed by atoms with Gasteiger partial charge >= 0.3 is 0 Å². The van der Waals surface area contributed by atoms with E-state index in [0.717, 1.165) is 27.9 Å². The average molecular weight is 270 g/mol. The van der Waals surface area contributed by atoms with Gasteiger partial charge in [0.1, 0.15) is 11.6 Å². The van der Waals surface area contributed by atoms with Crippen molar-refractivity contribution in [3.63, 3.8) is 0 Å². The van der Waals surface area contributed by atoms with Gasteiger partial charge in [-0.05, 0) is 25.1 Å². The van der Waals surface area contributed by atoms with Crippen LogP contribution < -0.4 is 10.5 Å². The summed E-state index contributed by atoms with van der Waals surface area (Å²) in [5.41, 5.74) is 8.97. The lowest BCUT2D eigenvalue weighted by atomic mass is 10.1. The Hall–Kier alpha value is -2.43. The fraction of sp³-hybridized carbons (Fsp3) is 0.267. The van der Waals surface area contributed by atoms with Crippen LogP contribution in [-0.2, 0) is 14.1 Å². The zero-order chi connectivity index (χ0) is 14.3. The van der Waals surface area contributed by atoms with Gasteiger partial charge in [0.15, 0.2) is 0 Å². The molecule has 0 bridgehead atoms. The Bertz CT molecular complexity index is 750. The average Bonchev–Trinajstić information content (AvgIpc) is 2.92. The van der Waals surface area contributed by atoms with Crippen LogP contribution in [0, 0.1) is 0 Å². The minimum Gasteiger partial charge on any atom is -0.494 e. The zero-order valence-corrected chi connectivity index (χ0v) is 11.9. The molecule has 0 saturated carbocycles. The van der Waals surface area contributed by atoms with Crippen molar-refractivity contribution in [1.29, 1.82) is 0 Å². The molecule has 5 heteroatoms. The largest absolute Gasteiger partial charge is 0.494 e. The number of nitrogen functional groups attached to an aromatic ring is 1. The molecular weight excluding hydrogens is 252 g/mol. The van der Waals surface area contributed by atoms with Crippen LogP contribution in [0.15, 0.2) is 30.5 Å². The van der Waals surface area contributed by atoms with Crippen molar-refractivity contribution in [2.24, 2.45) is 14.1 Å². The number of aromatic nitrogens is 3. The van der Waals surface area contributed by atoms with Gasteiger partial charge in [-0.3, -0.25) is 4.68 Å². The van der Waals surface area contributed by atoms with E-state index < -0.39 is 0 Å². The highest BCUT2D eigenvalue weighted by Crippen LogP contribution is 2.32. The molecule has 3 rings (SSSR count). The molecule has 0 unspecified atom stereocenters. The van der Waals surface area contributed by atoms with Crippen molar-refractivity contribution < 1.29 is 4.74 Å². The molecule has 2 heterocycles. The van der Waals surface area contributed by atoms with Crippen molar-refractivity contribution in [2.75, 3.05) is 12.3 Å². The molecule has 0 spiro atoms. The fourth-order valence-corrected chi connectivity index (χ4v) is 2.45. The van der Waals surface area contributed by atoms with Crippen molar-refractivity contribution in [2.45, 2.75) is 6.92 Å². The number of hydrogen-bond acceptors (Lipinski definition) is 3. The zero-order valence-electron chi connectivity index (χ0n) is 11.9. The lowest BCUT2D eigenvalue weighted by molar-refractivity contribution is 0.341. The first-order valence-corrected chi connectivity index (χ1v) is 6.62. The summed E-state index contributed by atoms with van der Waals surface area (Å²) in [7, 11) is 3.87. The number of aryl methyl sites for hydroxylation is 2. The second-order valence-corrected chi connectivity index (χ2v) is 4.84. The molecule has 0 aliphatic rings. The molecule has 0 aliphatic heterocycles. The third-order valence-electron chi connectivity index (χ3n) is 3.46. The van der Waals surface area contributed by atoms with Crippen LogP contribution in [0.25, 0.3) is 22.2 Å². The highest BCUT2D eigenvalue weighted by atomic mass is 16.5. The number of nitrogens with two attached hydrogens (primary N) is 1. The Kier molecular flexibility index (Phi) is 2.89. The van der Waals surface area contributed by atoms with Crippen LogP contribution in [0.5, 0.6) is 5.75 Å². The molecule has 0 saturated heterocycles. The quantitative estimate of drug-likeness (QED) is 0.795. The van der Waals surface area contributed by atoms with Gasteiger partial charge in [0, 0.05) is 42.8 Å². The molecule has 0 fully saturated rings. The van der Waals surface area contributed by atoms with Gasteiger partial charge in [0.2, 0.25) is 0 Å². The first-order chi connectivity index (χ1) is 9.60. The lowest BCUT2D eigenvalue weighted by Crippen LogP contribution is -1.96. The van der Waals surface area contributed by atoms with E-state index in [1.807, 2.05) is 33.2 Å². The van der Waals surface area contributed by atoms with Crippen LogP contribution >= 0.6 is 0 Å². The Balaban J connectivity index is 2.21. The van der Waals surface area contributed by atoms with Crippen LogP contribution in [0.1, 0.15) is 6.92 Å². The van der Waals surface area contributed by atoms with Crippen LogP contribution in [0.2, 0.25) is 0 Å². The maximum atomic E-state index is 5.88. The molecule has 0 atom stereocenters. The molecule has 5 nitrogen and oxygen atoms in total. The number of rotatable bonds is 3. The smallest absolute Gasteiger partial charge is 0.121 e. The van der Waals surface area contributed by atoms with Gasteiger partial charge in [-0.15, -0.1) is 0 Å². The third kappa shape index (κ3) is 1.91. The topological polar surface area (TPSA) is 58.0 Å². The molecule has 104 valence electrons. The van der Waals surface area contributed by atoms with Gasteiger partial charge in [-0.25, -0.2) is 0 Å². The van der Waals surface area contributed by atoms with Gasteiger partial charge in [0.05, 0.1) is 12.3 Å². The second-order valence-electron chi connectivity index (χ2n) is 4.84. The summed E-state index contributed by atoms with van der Waals surface area (Å²) in [6, 6.07) is 8.00. The van der Waals surface area contributed by atoms with E-state index in [-0.39, 0.29) is 0 Å². The van der Waals surface area contributed by atoms with Crippen molar-refractivity contribution >= 4 is 16.7 Å². The summed E-state index contributed by atoms with van der Waals surface area (Å²) in [5.74, 6) is 1.52. The SMILES string of the molecule is CCOc1ccc2c(c1)c(-c1cc(N)n(C)n1)cn2C. The predicted molar refractivity (Wildman–Crippen MR) is 80.7 cm³/mol. The van der Waals surface area contributed by atoms with Crippen molar-refractivity contribution in [3.05, 3.63) is 30.5 Å². The molecule has 2 N–H and O–H groups in total. The van der Waals surface area contributed by atoms with E-state index in [1.165, 1.54) is 0 Å². The van der Waals surface area contributed by atoms with Crippen molar-refractivity contribution in [3.8, 4) is 17.0 Å². The van der Waals surface area contributed by atoms with E-state index in [9.17, 15) is 0 Å². The summed E-state index contributed by atoms with van der Waals surface area (Å²) in [6.07, 6.45) is 2.07. The Morgan fingerprint density at radius 2 is 2.05 bits per heavy atom. The van der Waals surface area contributed by atoms with Gasteiger partial charge < -0.3 is 15.0 Å². The molecule has 3 aromatic rings. The van der Waals surface area contributed by atoms with E-state index in [2.05, 4.69) is 28.0 Å². The number of hydrogen-bond donors (Lipinski definition) is 1. The number of anilines is 1. The van der Waals surface area contributed by atoms with E-state index in [4.69, 9.17) is 10.5 Å². The normalized spacial score (nSPS) is 11.2. The Morgan fingerprint density at radius 3 is 2.70 bits per heavy atom. The molecule has 1 aromatic carbocycles. The van der Waals surface area contributed by atoms with E-state index >= 15 is 0 Å². The first-order valence-electron chi connectivity index (χ1n) is 6.62. The first kappa shape index (κ1) is 12.6. The molecule has 0 radical (unpaired) electrons. The second kappa shape index (κ2) is 4.59. The summed E-state index contributed by atoms with van der Waals surface area (Å²) in [6.45, 7) is 2.64. The molecule has 20 heavy (non-hydrogen) atoms. The number of nitrogens with zero attached hydrogens (tertiary/aromatic N) is 3. The Morgan fingerprint density at radius 1 is 1.25 bits per heavy atom. The van der Waals surface area contributed by atoms with Gasteiger partial charge in [-0.1, -0.05) is 0 Å². The minimum atomic E-state index is 0.651. The highest BCUT2D eigenvalue weighted by molar-refractivity contribution is 5.96. The number of benzene rings is 1.